The van der Waals surface area contributed by atoms with E-state index in [-0.39, 0.29) is 11.9 Å². The van der Waals surface area contributed by atoms with E-state index < -0.39 is 6.10 Å². The first kappa shape index (κ1) is 20.4. The molecule has 0 aliphatic rings. The van der Waals surface area contributed by atoms with Gasteiger partial charge in [-0.1, -0.05) is 47.0 Å². The summed E-state index contributed by atoms with van der Waals surface area (Å²) in [5.74, 6) is 0.614. The van der Waals surface area contributed by atoms with E-state index in [2.05, 4.69) is 27.7 Å². The first-order valence-corrected chi connectivity index (χ1v) is 8.63. The monoisotopic (exact) mass is 300 g/mol. The predicted octanol–water partition coefficient (Wildman–Crippen LogP) is 2.93. The molecule has 0 fully saturated rings. The van der Waals surface area contributed by atoms with Crippen LogP contribution in [-0.4, -0.2) is 41.1 Å². The summed E-state index contributed by atoms with van der Waals surface area (Å²) >= 11 is 0. The third-order valence-electron chi connectivity index (χ3n) is 3.77. The van der Waals surface area contributed by atoms with Gasteiger partial charge in [0.15, 0.2) is 0 Å². The molecule has 0 aliphatic heterocycles. The Morgan fingerprint density at radius 2 is 1.76 bits per heavy atom. The van der Waals surface area contributed by atoms with Gasteiger partial charge >= 0.3 is 0 Å². The Morgan fingerprint density at radius 3 is 2.29 bits per heavy atom. The van der Waals surface area contributed by atoms with E-state index in [1.165, 1.54) is 0 Å². The van der Waals surface area contributed by atoms with Crippen LogP contribution in [0.25, 0.3) is 0 Å². The van der Waals surface area contributed by atoms with Crippen LogP contribution in [0.3, 0.4) is 0 Å². The quantitative estimate of drug-likeness (QED) is 0.545. The van der Waals surface area contributed by atoms with Gasteiger partial charge in [-0.3, -0.25) is 4.79 Å². The van der Waals surface area contributed by atoms with Crippen LogP contribution in [0.15, 0.2) is 0 Å². The molecule has 0 aromatic heterocycles. The highest BCUT2D eigenvalue weighted by atomic mass is 16.3. The molecule has 0 heterocycles. The van der Waals surface area contributed by atoms with Gasteiger partial charge in [0.2, 0.25) is 5.91 Å². The van der Waals surface area contributed by atoms with E-state index >= 15 is 0 Å². The van der Waals surface area contributed by atoms with Gasteiger partial charge in [-0.25, -0.2) is 0 Å². The minimum absolute atomic E-state index is 0.156. The van der Waals surface area contributed by atoms with Crippen molar-refractivity contribution >= 4 is 5.91 Å². The molecular formula is C17H36N2O2. The summed E-state index contributed by atoms with van der Waals surface area (Å²) in [5.41, 5.74) is 6.03. The molecular weight excluding hydrogens is 264 g/mol. The molecule has 4 heteroatoms. The second-order valence-electron chi connectivity index (χ2n) is 6.51. The lowest BCUT2D eigenvalue weighted by Crippen LogP contribution is -2.46. The number of carbonyl (C=O) groups excluding carboxylic acids is 1. The Kier molecular flexibility index (Phi) is 11.6. The molecule has 0 rings (SSSR count). The Hall–Kier alpha value is -0.610. The number of aliphatic hydroxyl groups is 1. The van der Waals surface area contributed by atoms with E-state index in [0.717, 1.165) is 45.1 Å². The fraction of sp³-hybridized carbons (Fsp3) is 0.941. The number of hydrogen-bond acceptors (Lipinski definition) is 3. The zero-order chi connectivity index (χ0) is 16.3. The fourth-order valence-corrected chi connectivity index (χ4v) is 2.42. The molecule has 0 saturated carbocycles. The normalized spacial score (nSPS) is 14.2. The molecule has 0 aromatic carbocycles. The highest BCUT2D eigenvalue weighted by Gasteiger charge is 2.22. The second-order valence-corrected chi connectivity index (χ2v) is 6.51. The van der Waals surface area contributed by atoms with E-state index in [9.17, 15) is 9.90 Å². The topological polar surface area (TPSA) is 66.6 Å². The number of nitrogens with two attached hydrogens (primary N) is 1. The van der Waals surface area contributed by atoms with Crippen molar-refractivity contribution in [2.24, 2.45) is 11.7 Å². The number of aliphatic hydroxyl groups excluding tert-OH is 1. The average Bonchev–Trinajstić information content (AvgIpc) is 2.42. The molecule has 0 aromatic rings. The minimum atomic E-state index is -0.625. The molecule has 3 N–H and O–H groups in total. The Balaban J connectivity index is 4.45. The van der Waals surface area contributed by atoms with Crippen molar-refractivity contribution in [3.05, 3.63) is 0 Å². The molecule has 0 spiro atoms. The molecule has 126 valence electrons. The zero-order valence-electron chi connectivity index (χ0n) is 14.5. The van der Waals surface area contributed by atoms with Gasteiger partial charge in [-0.05, 0) is 25.2 Å². The van der Waals surface area contributed by atoms with Crippen LogP contribution in [0.1, 0.15) is 72.6 Å². The number of unbranched alkanes of at least 4 members (excludes halogenated alkanes) is 3. The molecule has 0 radical (unpaired) electrons. The van der Waals surface area contributed by atoms with Crippen LogP contribution < -0.4 is 5.73 Å². The van der Waals surface area contributed by atoms with Crippen molar-refractivity contribution < 1.29 is 9.90 Å². The zero-order valence-corrected chi connectivity index (χ0v) is 14.5. The van der Waals surface area contributed by atoms with Crippen molar-refractivity contribution in [3.63, 3.8) is 0 Å². The molecule has 2 atom stereocenters. The molecule has 0 aliphatic carbocycles. The van der Waals surface area contributed by atoms with E-state index in [4.69, 9.17) is 5.73 Å². The van der Waals surface area contributed by atoms with Crippen LogP contribution in [0, 0.1) is 5.92 Å². The van der Waals surface area contributed by atoms with E-state index in [1.54, 1.807) is 0 Å². The number of carbonyl (C=O) groups is 1. The van der Waals surface area contributed by atoms with Crippen LogP contribution in [0.2, 0.25) is 0 Å². The molecule has 1 unspecified atom stereocenters. The van der Waals surface area contributed by atoms with Gasteiger partial charge < -0.3 is 15.7 Å². The lowest BCUT2D eigenvalue weighted by Gasteiger charge is -2.29. The largest absolute Gasteiger partial charge is 0.390 e. The van der Waals surface area contributed by atoms with Crippen LogP contribution in [0.5, 0.6) is 0 Å². The number of hydrogen-bond donors (Lipinski definition) is 2. The standard InChI is InChI=1S/C17H36N2O2/c1-5-7-9-11-19(17(21)10-8-6-2)13-16(20)15(18)12-14(3)4/h14-16,20H,5-13,18H2,1-4H3/t15-,16?/m0/s1. The summed E-state index contributed by atoms with van der Waals surface area (Å²) in [5, 5.41) is 10.2. The van der Waals surface area contributed by atoms with Gasteiger partial charge in [0, 0.05) is 25.6 Å². The van der Waals surface area contributed by atoms with E-state index in [1.807, 2.05) is 4.90 Å². The van der Waals surface area contributed by atoms with Crippen molar-refractivity contribution in [2.75, 3.05) is 13.1 Å². The Morgan fingerprint density at radius 1 is 1.14 bits per heavy atom. The van der Waals surface area contributed by atoms with Crippen molar-refractivity contribution in [1.82, 2.24) is 4.90 Å². The number of amides is 1. The number of nitrogens with zero attached hydrogens (tertiary/aromatic N) is 1. The van der Waals surface area contributed by atoms with Crippen molar-refractivity contribution in [1.29, 1.82) is 0 Å². The van der Waals surface area contributed by atoms with E-state index in [0.29, 0.717) is 18.9 Å². The Bertz CT molecular complexity index is 270. The fourth-order valence-electron chi connectivity index (χ4n) is 2.42. The summed E-state index contributed by atoms with van der Waals surface area (Å²) in [6, 6.07) is -0.252. The van der Waals surface area contributed by atoms with Gasteiger partial charge in [-0.15, -0.1) is 0 Å². The summed E-state index contributed by atoms with van der Waals surface area (Å²) in [4.78, 5) is 14.1. The summed E-state index contributed by atoms with van der Waals surface area (Å²) in [6.07, 6.45) is 5.92. The van der Waals surface area contributed by atoms with Gasteiger partial charge in [0.25, 0.3) is 0 Å². The smallest absolute Gasteiger partial charge is 0.222 e. The maximum atomic E-state index is 12.3. The third kappa shape index (κ3) is 9.86. The second kappa shape index (κ2) is 12.0. The highest BCUT2D eigenvalue weighted by Crippen LogP contribution is 2.10. The van der Waals surface area contributed by atoms with Crippen LogP contribution in [0.4, 0.5) is 0 Å². The van der Waals surface area contributed by atoms with Gasteiger partial charge in [0.1, 0.15) is 0 Å². The average molecular weight is 300 g/mol. The third-order valence-corrected chi connectivity index (χ3v) is 3.77. The van der Waals surface area contributed by atoms with Crippen LogP contribution in [-0.2, 0) is 4.79 Å². The molecule has 0 saturated heterocycles. The summed E-state index contributed by atoms with van der Waals surface area (Å²) in [7, 11) is 0. The summed E-state index contributed by atoms with van der Waals surface area (Å²) in [6.45, 7) is 9.54. The molecule has 21 heavy (non-hydrogen) atoms. The van der Waals surface area contributed by atoms with Crippen molar-refractivity contribution in [2.45, 2.75) is 84.8 Å². The molecule has 4 nitrogen and oxygen atoms in total. The Labute approximate surface area is 131 Å². The minimum Gasteiger partial charge on any atom is -0.390 e. The SMILES string of the molecule is CCCCCN(CC(O)[C@@H](N)CC(C)C)C(=O)CCCC. The first-order chi connectivity index (χ1) is 9.92. The molecule has 0 bridgehead atoms. The summed E-state index contributed by atoms with van der Waals surface area (Å²) < 4.78 is 0. The number of rotatable bonds is 12. The maximum absolute atomic E-state index is 12.3. The predicted molar refractivity (Wildman–Crippen MR) is 89.1 cm³/mol. The van der Waals surface area contributed by atoms with Crippen LogP contribution >= 0.6 is 0 Å². The lowest BCUT2D eigenvalue weighted by molar-refractivity contribution is -0.133. The maximum Gasteiger partial charge on any atom is 0.222 e. The van der Waals surface area contributed by atoms with Gasteiger partial charge in [0.05, 0.1) is 6.10 Å². The van der Waals surface area contributed by atoms with Crippen molar-refractivity contribution in [3.8, 4) is 0 Å². The lowest BCUT2D eigenvalue weighted by atomic mass is 9.99. The highest BCUT2D eigenvalue weighted by molar-refractivity contribution is 5.76. The molecule has 1 amide bonds. The first-order valence-electron chi connectivity index (χ1n) is 8.63. The van der Waals surface area contributed by atoms with Gasteiger partial charge in [-0.2, -0.15) is 0 Å².